The molecule has 446 valence electrons. The van der Waals surface area contributed by atoms with Crippen LogP contribution in [0.5, 0.6) is 0 Å². The Balaban J connectivity index is 1.57. The van der Waals surface area contributed by atoms with Gasteiger partial charge in [0.15, 0.2) is 24.4 Å². The van der Waals surface area contributed by atoms with E-state index >= 15 is 4.79 Å². The van der Waals surface area contributed by atoms with Crippen molar-refractivity contribution in [1.29, 1.82) is 0 Å². The molecule has 3 aromatic rings. The zero-order chi connectivity index (χ0) is 60.2. The Bertz CT molecular complexity index is 2770. The van der Waals surface area contributed by atoms with Crippen molar-refractivity contribution in [3.8, 4) is 0 Å². The fourth-order valence-electron chi connectivity index (χ4n) is 9.73. The van der Waals surface area contributed by atoms with Gasteiger partial charge in [0.1, 0.15) is 29.1 Å². The van der Waals surface area contributed by atoms with Crippen LogP contribution in [0.3, 0.4) is 0 Å². The van der Waals surface area contributed by atoms with Crippen LogP contribution < -0.4 is 0 Å². The van der Waals surface area contributed by atoms with Gasteiger partial charge in [-0.1, -0.05) is 110 Å². The first-order valence-electron chi connectivity index (χ1n) is 28.0. The number of benzene rings is 2. The summed E-state index contributed by atoms with van der Waals surface area (Å²) in [5.74, 6) is -7.65. The summed E-state index contributed by atoms with van der Waals surface area (Å²) in [7, 11) is 1.83. The lowest BCUT2D eigenvalue weighted by Gasteiger charge is -2.35. The summed E-state index contributed by atoms with van der Waals surface area (Å²) in [6, 6.07) is 10.6. The molecule has 0 bridgehead atoms. The van der Waals surface area contributed by atoms with E-state index in [-0.39, 0.29) is 73.6 Å². The van der Waals surface area contributed by atoms with Gasteiger partial charge >= 0.3 is 23.9 Å². The van der Waals surface area contributed by atoms with Gasteiger partial charge in [-0.05, 0) is 86.3 Å². The summed E-state index contributed by atoms with van der Waals surface area (Å²) in [6.45, 7) is 18.5. The molecule has 81 heavy (non-hydrogen) atoms. The first-order valence-corrected chi connectivity index (χ1v) is 29.5. The number of cyclic esters (lactones) is 4. The molecule has 0 saturated carbocycles. The van der Waals surface area contributed by atoms with Crippen LogP contribution in [-0.2, 0) is 86.7 Å². The number of likely N-dealkylation sites (N-methyl/N-ethyl adjacent to an activating group) is 4. The molecule has 2 aliphatic rings. The molecule has 2 aliphatic heterocycles. The van der Waals surface area contributed by atoms with Gasteiger partial charge in [-0.2, -0.15) is 9.40 Å². The number of rotatable bonds is 16. The van der Waals surface area contributed by atoms with Crippen molar-refractivity contribution in [2.24, 2.45) is 23.7 Å². The molecule has 2 fully saturated rings. The molecule has 1 aromatic heterocycles. The molecule has 0 unspecified atom stereocenters. The Hall–Kier alpha value is -6.68. The molecular weight excluding hydrogens is 1060 g/mol. The highest BCUT2D eigenvalue weighted by atomic mass is 32.2. The quantitative estimate of drug-likeness (QED) is 0.131. The maximum atomic E-state index is 15.0. The van der Waals surface area contributed by atoms with Gasteiger partial charge in [0.2, 0.25) is 10.0 Å². The highest BCUT2D eigenvalue weighted by Gasteiger charge is 2.43. The van der Waals surface area contributed by atoms with Crippen molar-refractivity contribution >= 4 is 57.5 Å². The minimum absolute atomic E-state index is 0.0527. The number of ether oxygens (including phenoxy) is 4. The van der Waals surface area contributed by atoms with E-state index in [1.807, 2.05) is 55.4 Å². The highest BCUT2D eigenvalue weighted by Crippen LogP contribution is 2.26. The van der Waals surface area contributed by atoms with E-state index in [0.29, 0.717) is 24.2 Å². The van der Waals surface area contributed by atoms with Gasteiger partial charge in [0.05, 0.1) is 12.7 Å². The van der Waals surface area contributed by atoms with E-state index in [1.165, 1.54) is 63.4 Å². The third-order valence-electron chi connectivity index (χ3n) is 14.6. The van der Waals surface area contributed by atoms with E-state index in [0.717, 1.165) is 31.6 Å². The van der Waals surface area contributed by atoms with Crippen LogP contribution in [0.25, 0.3) is 0 Å². The SMILES string of the molecule is CC(C)C[C@H]1C(=O)O[C@H](Cc2ccc(Cn3cc(S(=O)(=O)N4CCC4)cn3)cc2)C(=O)N(C)[C@@H](CC(C)C)C(=O)O[C@H](C)C(=O)N(C)[C@@H](CC(C)C)C(=O)O[C@H](Cc2ccccc2)C(=O)N(C)[C@@H](CC(C)C)C(=O)O[C@H](C)C(=O)N1C. The van der Waals surface area contributed by atoms with Crippen LogP contribution in [0.1, 0.15) is 118 Å². The lowest BCUT2D eigenvalue weighted by Crippen LogP contribution is -2.55. The van der Waals surface area contributed by atoms with E-state index in [2.05, 4.69) is 5.10 Å². The molecule has 22 heteroatoms. The Kier molecular flexibility index (Phi) is 23.2. The van der Waals surface area contributed by atoms with Gasteiger partial charge in [-0.3, -0.25) is 23.9 Å². The van der Waals surface area contributed by atoms with Crippen molar-refractivity contribution < 1.29 is 65.7 Å². The maximum absolute atomic E-state index is 15.0. The molecule has 0 radical (unpaired) electrons. The second-order valence-corrected chi connectivity index (χ2v) is 25.2. The van der Waals surface area contributed by atoms with Crippen molar-refractivity contribution in [3.63, 3.8) is 0 Å². The highest BCUT2D eigenvalue weighted by molar-refractivity contribution is 7.89. The molecule has 4 amide bonds. The van der Waals surface area contributed by atoms with Crippen LogP contribution >= 0.6 is 0 Å². The zero-order valence-electron chi connectivity index (χ0n) is 49.6. The van der Waals surface area contributed by atoms with E-state index in [4.69, 9.17) is 18.9 Å². The van der Waals surface area contributed by atoms with Gasteiger partial charge in [0.25, 0.3) is 23.6 Å². The molecule has 0 spiro atoms. The smallest absolute Gasteiger partial charge is 0.329 e. The van der Waals surface area contributed by atoms with Gasteiger partial charge in [-0.25, -0.2) is 27.6 Å². The minimum atomic E-state index is -3.66. The van der Waals surface area contributed by atoms with Crippen LogP contribution in [0.15, 0.2) is 71.9 Å². The zero-order valence-corrected chi connectivity index (χ0v) is 50.4. The minimum Gasteiger partial charge on any atom is -0.451 e. The third-order valence-corrected chi connectivity index (χ3v) is 16.4. The summed E-state index contributed by atoms with van der Waals surface area (Å²) >= 11 is 0. The number of sulfonamides is 1. The molecule has 8 atom stereocenters. The molecule has 0 aliphatic carbocycles. The number of hydrogen-bond donors (Lipinski definition) is 0. The van der Waals surface area contributed by atoms with Gasteiger partial charge < -0.3 is 38.5 Å². The Labute approximate surface area is 478 Å². The lowest BCUT2D eigenvalue weighted by molar-refractivity contribution is -0.176. The average molecular weight is 1150 g/mol. The topological polar surface area (TPSA) is 242 Å². The summed E-state index contributed by atoms with van der Waals surface area (Å²) < 4.78 is 52.9. The third kappa shape index (κ3) is 17.4. The van der Waals surface area contributed by atoms with Gasteiger partial charge in [0, 0.05) is 60.3 Å². The molecular formula is C59H85N7O14S. The maximum Gasteiger partial charge on any atom is 0.329 e. The summed E-state index contributed by atoms with van der Waals surface area (Å²) in [5.41, 5.74) is 1.90. The number of hydrogen-bond acceptors (Lipinski definition) is 15. The molecule has 2 saturated heterocycles. The second-order valence-electron chi connectivity index (χ2n) is 23.2. The summed E-state index contributed by atoms with van der Waals surface area (Å²) in [4.78, 5) is 121. The standard InChI is InChI=1S/C59H85N7O14S/c1-36(2)27-46-56(71)77-41(10)53(68)62(12)49(30-39(7)8)59(74)80-51(32-43-21-23-44(24-22-43)34-65-35-45(33-60-65)81(75,76)66-25-18-26-66)55(70)64(14)47(28-37(3)4)57(72)78-40(9)52(67)61(11)48(29-38(5)6)58(73)79-50(54(69)63(46)13)31-42-19-16-15-17-20-42/h15-17,19-24,33,35-41,46-51H,18,25-32,34H2,1-14H3/t40-,41-,46+,47+,48+,49+,50-,51-/m1/s1. The fourth-order valence-corrected chi connectivity index (χ4v) is 11.2. The first kappa shape index (κ1) is 65.1. The second kappa shape index (κ2) is 28.8. The predicted molar refractivity (Wildman–Crippen MR) is 300 cm³/mol. The van der Waals surface area contributed by atoms with Crippen molar-refractivity contribution in [2.75, 3.05) is 41.3 Å². The van der Waals surface area contributed by atoms with Crippen molar-refractivity contribution in [1.82, 2.24) is 33.7 Å². The molecule has 5 rings (SSSR count). The lowest BCUT2D eigenvalue weighted by atomic mass is 9.99. The van der Waals surface area contributed by atoms with Crippen molar-refractivity contribution in [3.05, 3.63) is 83.7 Å². The number of amides is 4. The Morgan fingerprint density at radius 1 is 0.494 bits per heavy atom. The summed E-state index contributed by atoms with van der Waals surface area (Å²) in [5, 5.41) is 4.27. The largest absolute Gasteiger partial charge is 0.451 e. The van der Waals surface area contributed by atoms with E-state index in [9.17, 15) is 42.0 Å². The number of aromatic nitrogens is 2. The van der Waals surface area contributed by atoms with E-state index in [1.54, 1.807) is 54.6 Å². The number of nitrogens with zero attached hydrogens (tertiary/aromatic N) is 7. The molecule has 0 N–H and O–H groups in total. The van der Waals surface area contributed by atoms with Crippen LogP contribution in [0.4, 0.5) is 0 Å². The Morgan fingerprint density at radius 2 is 0.840 bits per heavy atom. The number of esters is 4. The van der Waals surface area contributed by atoms with E-state index < -0.39 is 106 Å². The molecule has 21 nitrogen and oxygen atoms in total. The molecule has 2 aromatic carbocycles. The average Bonchev–Trinajstić information content (AvgIpc) is 3.92. The monoisotopic (exact) mass is 1150 g/mol. The van der Waals surface area contributed by atoms with Crippen LogP contribution in [-0.4, -0.2) is 179 Å². The number of carbonyl (C=O) groups is 8. The van der Waals surface area contributed by atoms with Crippen LogP contribution in [0.2, 0.25) is 0 Å². The van der Waals surface area contributed by atoms with Crippen LogP contribution in [0, 0.1) is 23.7 Å². The molecule has 3 heterocycles. The first-order chi connectivity index (χ1) is 38.0. The number of carbonyl (C=O) groups excluding carboxylic acids is 8. The normalized spacial score (nSPS) is 24.4. The Morgan fingerprint density at radius 3 is 1.20 bits per heavy atom. The predicted octanol–water partition coefficient (Wildman–Crippen LogP) is 5.30. The summed E-state index contributed by atoms with van der Waals surface area (Å²) in [6.07, 6.45) is -2.58. The van der Waals surface area contributed by atoms with Crippen molar-refractivity contribution in [2.45, 2.75) is 174 Å². The fraction of sp³-hybridized carbons (Fsp3) is 0.610. The van der Waals surface area contributed by atoms with Gasteiger partial charge in [-0.15, -0.1) is 0 Å².